The predicted molar refractivity (Wildman–Crippen MR) is 312 cm³/mol. The van der Waals surface area contributed by atoms with Crippen molar-refractivity contribution in [2.24, 2.45) is 11.8 Å². The molecule has 1 fully saturated rings. The lowest BCUT2D eigenvalue weighted by Gasteiger charge is -2.30. The minimum Gasteiger partial charge on any atom is -0.494 e. The van der Waals surface area contributed by atoms with Gasteiger partial charge in [0, 0.05) is 39.1 Å². The zero-order valence-corrected chi connectivity index (χ0v) is 50.1. The van der Waals surface area contributed by atoms with E-state index in [4.69, 9.17) is 9.47 Å². The van der Waals surface area contributed by atoms with Crippen LogP contribution in [0.2, 0.25) is 25.7 Å². The lowest BCUT2D eigenvalue weighted by molar-refractivity contribution is -0.140. The van der Waals surface area contributed by atoms with Gasteiger partial charge in [0.25, 0.3) is 0 Å². The van der Waals surface area contributed by atoms with Crippen LogP contribution in [0.25, 0.3) is 0 Å². The van der Waals surface area contributed by atoms with Gasteiger partial charge >= 0.3 is 5.97 Å². The number of carbonyl (C=O) groups is 8. The fourth-order valence-corrected chi connectivity index (χ4v) is 10.6. The highest BCUT2D eigenvalue weighted by Crippen LogP contribution is 2.37. The van der Waals surface area contributed by atoms with Gasteiger partial charge in [0.2, 0.25) is 41.4 Å². The van der Waals surface area contributed by atoms with E-state index in [2.05, 4.69) is 58.1 Å². The normalized spacial score (nSPS) is 15.0. The van der Waals surface area contributed by atoms with Crippen molar-refractivity contribution < 1.29 is 47.8 Å². The molecule has 0 aliphatic carbocycles. The third kappa shape index (κ3) is 21.7. The first kappa shape index (κ1) is 64.7. The van der Waals surface area contributed by atoms with Gasteiger partial charge in [-0.25, -0.2) is 0 Å². The van der Waals surface area contributed by atoms with E-state index in [1.165, 1.54) is 11.8 Å². The van der Waals surface area contributed by atoms with Crippen molar-refractivity contribution >= 4 is 61.1 Å². The number of nitrogens with zero attached hydrogens (tertiary/aromatic N) is 1. The molecule has 0 aromatic heterocycles. The van der Waals surface area contributed by atoms with Crippen molar-refractivity contribution in [3.05, 3.63) is 107 Å². The summed E-state index contributed by atoms with van der Waals surface area (Å²) in [5.41, 5.74) is 3.71. The summed E-state index contributed by atoms with van der Waals surface area (Å²) in [5, 5.41) is 17.2. The fourth-order valence-electron chi connectivity index (χ4n) is 9.90. The Morgan fingerprint density at radius 1 is 0.747 bits per heavy atom. The van der Waals surface area contributed by atoms with Crippen molar-refractivity contribution in [1.82, 2.24) is 31.5 Å². The number of hydrogen-bond donors (Lipinski definition) is 6. The first-order valence-corrected chi connectivity index (χ1v) is 31.5. The maximum absolute atomic E-state index is 14.9. The van der Waals surface area contributed by atoms with Crippen LogP contribution < -0.4 is 36.6 Å². The molecule has 18 heteroatoms. The number of likely N-dealkylation sites (tertiary alicyclic amines) is 1. The summed E-state index contributed by atoms with van der Waals surface area (Å²) in [6.45, 7) is 29.3. The first-order chi connectivity index (χ1) is 37.0. The number of allylic oxidation sites excluding steroid dienone is 1. The van der Waals surface area contributed by atoms with Crippen LogP contribution in [-0.2, 0) is 61.3 Å². The van der Waals surface area contributed by atoms with Crippen LogP contribution in [0.15, 0.2) is 79.1 Å². The Kier molecular flexibility index (Phi) is 24.5. The molecule has 3 aromatic carbocycles. The molecule has 7 amide bonds. The molecule has 4 rings (SSSR count). The Balaban J connectivity index is 1.64. The molecule has 6 N–H and O–H groups in total. The molecule has 0 bridgehead atoms. The number of nitrogens with one attached hydrogen (secondary N) is 6. The van der Waals surface area contributed by atoms with E-state index in [1.54, 1.807) is 6.92 Å². The second-order valence-corrected chi connectivity index (χ2v) is 29.5. The number of esters is 1. The summed E-state index contributed by atoms with van der Waals surface area (Å²) >= 11 is 0. The van der Waals surface area contributed by atoms with Crippen molar-refractivity contribution in [2.75, 3.05) is 25.0 Å². The summed E-state index contributed by atoms with van der Waals surface area (Å²) in [6.07, 6.45) is 2.11. The van der Waals surface area contributed by atoms with Crippen LogP contribution in [0.5, 0.6) is 5.75 Å². The highest BCUT2D eigenvalue weighted by molar-refractivity contribution is 6.76. The van der Waals surface area contributed by atoms with E-state index >= 15 is 0 Å². The van der Waals surface area contributed by atoms with Gasteiger partial charge in [0.1, 0.15) is 36.0 Å². The number of anilines is 1. The van der Waals surface area contributed by atoms with E-state index in [9.17, 15) is 38.4 Å². The van der Waals surface area contributed by atoms with E-state index in [-0.39, 0.29) is 55.6 Å². The minimum absolute atomic E-state index is 0.00186. The fraction of sp³-hybridized carbons (Fsp3) is 0.541. The van der Waals surface area contributed by atoms with Gasteiger partial charge in [0.05, 0.1) is 25.3 Å². The summed E-state index contributed by atoms with van der Waals surface area (Å²) < 4.78 is 11.4. The van der Waals surface area contributed by atoms with E-state index in [1.807, 2.05) is 122 Å². The van der Waals surface area contributed by atoms with Crippen molar-refractivity contribution in [3.63, 3.8) is 0 Å². The van der Waals surface area contributed by atoms with Crippen LogP contribution in [-0.4, -0.2) is 110 Å². The number of hydrogen-bond acceptors (Lipinski definition) is 10. The highest BCUT2D eigenvalue weighted by atomic mass is 28.3. The van der Waals surface area contributed by atoms with Gasteiger partial charge in [-0.05, 0) is 123 Å². The third-order valence-corrected chi connectivity index (χ3v) is 15.4. The van der Waals surface area contributed by atoms with Gasteiger partial charge in [-0.1, -0.05) is 116 Å². The zero-order chi connectivity index (χ0) is 58.8. The van der Waals surface area contributed by atoms with Gasteiger partial charge in [0.15, 0.2) is 0 Å². The number of amides is 7. The number of rotatable bonds is 29. The van der Waals surface area contributed by atoms with Crippen LogP contribution >= 0.6 is 0 Å². The maximum atomic E-state index is 14.9. The Hall–Kier alpha value is -6.82. The molecular formula is C61H89N7O10Si. The maximum Gasteiger partial charge on any atom is 0.311 e. The Morgan fingerprint density at radius 2 is 1.35 bits per heavy atom. The largest absolute Gasteiger partial charge is 0.494 e. The molecular weight excluding hydrogens is 1020 g/mol. The second-order valence-electron chi connectivity index (χ2n) is 23.9. The molecule has 1 aliphatic rings. The lowest BCUT2D eigenvalue weighted by atomic mass is 9.77. The van der Waals surface area contributed by atoms with Gasteiger partial charge in [-0.3, -0.25) is 38.4 Å². The monoisotopic (exact) mass is 1110 g/mol. The smallest absolute Gasteiger partial charge is 0.311 e. The van der Waals surface area contributed by atoms with Gasteiger partial charge in [-0.15, -0.1) is 0 Å². The molecule has 1 saturated heterocycles. The second kappa shape index (κ2) is 30.0. The van der Waals surface area contributed by atoms with Crippen LogP contribution in [0, 0.1) is 25.7 Å². The summed E-state index contributed by atoms with van der Waals surface area (Å²) in [6, 6.07) is 16.2. The molecule has 17 nitrogen and oxygen atoms in total. The molecule has 432 valence electrons. The number of aryl methyl sites for hydroxylation is 3. The first-order valence-electron chi connectivity index (χ1n) is 27.8. The summed E-state index contributed by atoms with van der Waals surface area (Å²) in [4.78, 5) is 112. The Bertz CT molecular complexity index is 2610. The topological polar surface area (TPSA) is 230 Å². The van der Waals surface area contributed by atoms with Gasteiger partial charge in [-0.2, -0.15) is 0 Å². The summed E-state index contributed by atoms with van der Waals surface area (Å²) in [7, 11) is -1.36. The number of ether oxygens (including phenoxy) is 2. The highest BCUT2D eigenvalue weighted by Gasteiger charge is 2.36. The molecule has 5 atom stereocenters. The van der Waals surface area contributed by atoms with Crippen LogP contribution in [0.1, 0.15) is 122 Å². The van der Waals surface area contributed by atoms with Crippen molar-refractivity contribution in [2.45, 2.75) is 182 Å². The molecule has 0 unspecified atom stereocenters. The van der Waals surface area contributed by atoms with Gasteiger partial charge < -0.3 is 46.3 Å². The molecule has 1 aliphatic heterocycles. The van der Waals surface area contributed by atoms with Crippen molar-refractivity contribution in [1.29, 1.82) is 0 Å². The molecule has 1 heterocycles. The standard InChI is InChI=1S/C61H89N7O10Si/c1-38(2)31-49(67-60(76)52-21-18-28-68(52)43(9)69)56(72)62-37-53(70)63-47(27-24-44-19-16-15-17-20-44)57(73)66-51(35-45-22-25-46(26-23-45)77-29-30-79(12,13)14)59(75)65-50(32-39(3)4)58(74)64-48-34-41(7)33-42(8)55(48)61(10,11)36-54(71)78-40(5)6/h15-17,19-20,22-23,25-26,33-34,38-39,47,49-52H,5,18,21,24,27-32,35-37H2,1-4,6-14H3,(H,62,72)(H,63,70)(H,64,74)(H,65,75)(H,66,73)(H,67,76)/t47-,49-,50-,51-,52-/m0/s1. The quantitative estimate of drug-likeness (QED) is 0.0225. The average molecular weight is 1110 g/mol. The summed E-state index contributed by atoms with van der Waals surface area (Å²) in [5.74, 6) is -3.39. The van der Waals surface area contributed by atoms with E-state index in [0.29, 0.717) is 49.4 Å². The SMILES string of the molecule is C=C(C)OC(=O)CC(C)(C)c1c(C)cc(C)cc1NC(=O)[C@H](CC(C)C)NC(=O)[C@H](Cc1ccc(OCC[Si](C)(C)C)cc1)NC(=O)[C@H](CCc1ccccc1)NC(=O)CNC(=O)[C@H](CC(C)C)NC(=O)[C@@H]1CCCN1C(C)=O. The van der Waals surface area contributed by atoms with E-state index < -0.39 is 91.7 Å². The molecule has 0 radical (unpaired) electrons. The molecule has 79 heavy (non-hydrogen) atoms. The van der Waals surface area contributed by atoms with Crippen LogP contribution in [0.4, 0.5) is 5.69 Å². The third-order valence-electron chi connectivity index (χ3n) is 13.7. The Labute approximate surface area is 470 Å². The average Bonchev–Trinajstić information content (AvgIpc) is 3.86. The Morgan fingerprint density at radius 3 is 1.95 bits per heavy atom. The number of benzene rings is 3. The number of carbonyl (C=O) groups excluding carboxylic acids is 8. The van der Waals surface area contributed by atoms with Crippen molar-refractivity contribution in [3.8, 4) is 5.75 Å². The molecule has 0 saturated carbocycles. The zero-order valence-electron chi connectivity index (χ0n) is 49.1. The van der Waals surface area contributed by atoms with E-state index in [0.717, 1.165) is 28.3 Å². The lowest BCUT2D eigenvalue weighted by Crippen LogP contribution is -2.58. The molecule has 3 aromatic rings. The molecule has 0 spiro atoms. The predicted octanol–water partition coefficient (Wildman–Crippen LogP) is 7.74. The van der Waals surface area contributed by atoms with Crippen LogP contribution in [0.3, 0.4) is 0 Å². The minimum atomic E-state index is -1.36.